The minimum atomic E-state index is 0.480. The van der Waals surface area contributed by atoms with Crippen molar-refractivity contribution in [2.75, 3.05) is 14.2 Å². The molecule has 94 valence electrons. The summed E-state index contributed by atoms with van der Waals surface area (Å²) in [7, 11) is 3.42. The Kier molecular flexibility index (Phi) is 5.15. The third kappa shape index (κ3) is 3.79. The molecule has 0 saturated carbocycles. The van der Waals surface area contributed by atoms with Crippen molar-refractivity contribution >= 4 is 35.2 Å². The molecule has 0 spiro atoms. The summed E-state index contributed by atoms with van der Waals surface area (Å²) in [4.78, 5) is 0. The third-order valence-corrected chi connectivity index (χ3v) is 9.47. The second-order valence-corrected chi connectivity index (χ2v) is 9.84. The quantitative estimate of drug-likeness (QED) is 0.729. The Hall–Kier alpha value is -0.921. The van der Waals surface area contributed by atoms with Gasteiger partial charge in [0.15, 0.2) is 0 Å². The van der Waals surface area contributed by atoms with Gasteiger partial charge in [0.2, 0.25) is 0 Å². The number of benzene rings is 2. The van der Waals surface area contributed by atoms with E-state index >= 15 is 0 Å². The monoisotopic (exact) mass is 374 g/mol. The molecule has 0 radical (unpaired) electrons. The fraction of sp³-hybridized carbons (Fsp3) is 0.143. The molecule has 2 aromatic rings. The van der Waals surface area contributed by atoms with E-state index in [4.69, 9.17) is 9.47 Å². The normalized spacial score (nSPS) is 10.1. The third-order valence-electron chi connectivity index (χ3n) is 2.32. The Morgan fingerprint density at radius 3 is 1.56 bits per heavy atom. The summed E-state index contributed by atoms with van der Waals surface area (Å²) in [6.45, 7) is 0. The first kappa shape index (κ1) is 13.5. The first-order chi connectivity index (χ1) is 8.81. The SMILES string of the molecule is COc1cccc([Se][Se]c2cccc(OC)c2)c1. The zero-order valence-electron chi connectivity index (χ0n) is 10.3. The zero-order chi connectivity index (χ0) is 12.8. The molecule has 0 bridgehead atoms. The number of ether oxygens (including phenoxy) is 2. The van der Waals surface area contributed by atoms with Crippen LogP contribution in [0.3, 0.4) is 0 Å². The van der Waals surface area contributed by atoms with Crippen LogP contribution >= 0.6 is 0 Å². The Balaban J connectivity index is 2.01. The van der Waals surface area contributed by atoms with Crippen LogP contribution in [-0.4, -0.2) is 40.5 Å². The van der Waals surface area contributed by atoms with E-state index in [1.54, 1.807) is 14.2 Å². The molecule has 4 heteroatoms. The summed E-state index contributed by atoms with van der Waals surface area (Å²) in [5.41, 5.74) is 0. The van der Waals surface area contributed by atoms with Crippen molar-refractivity contribution in [1.29, 1.82) is 0 Å². The van der Waals surface area contributed by atoms with Crippen LogP contribution in [0.2, 0.25) is 0 Å². The standard InChI is InChI=1S/C14H14O2Se2/c1-15-11-5-3-7-13(9-11)17-18-14-8-4-6-12(10-14)16-2/h3-10H,1-2H3. The van der Waals surface area contributed by atoms with Crippen LogP contribution in [0.4, 0.5) is 0 Å². The molecule has 0 aliphatic carbocycles. The fourth-order valence-corrected chi connectivity index (χ4v) is 7.42. The molecule has 0 amide bonds. The topological polar surface area (TPSA) is 18.5 Å². The Bertz CT molecular complexity index is 467. The number of hydrogen-bond donors (Lipinski definition) is 0. The molecule has 2 nitrogen and oxygen atoms in total. The molecular formula is C14H14O2Se2. The van der Waals surface area contributed by atoms with E-state index in [1.807, 2.05) is 12.1 Å². The van der Waals surface area contributed by atoms with E-state index in [9.17, 15) is 0 Å². The molecule has 0 unspecified atom stereocenters. The van der Waals surface area contributed by atoms with Crippen LogP contribution in [0, 0.1) is 0 Å². The van der Waals surface area contributed by atoms with Gasteiger partial charge in [-0.2, -0.15) is 0 Å². The van der Waals surface area contributed by atoms with Gasteiger partial charge in [0.1, 0.15) is 0 Å². The second-order valence-electron chi connectivity index (χ2n) is 3.52. The van der Waals surface area contributed by atoms with Crippen LogP contribution in [0.15, 0.2) is 48.5 Å². The first-order valence-electron chi connectivity index (χ1n) is 5.44. The summed E-state index contributed by atoms with van der Waals surface area (Å²) in [6.07, 6.45) is 0. The van der Waals surface area contributed by atoms with Crippen molar-refractivity contribution in [2.24, 2.45) is 0 Å². The van der Waals surface area contributed by atoms with Crippen molar-refractivity contribution in [3.63, 3.8) is 0 Å². The van der Waals surface area contributed by atoms with Crippen LogP contribution in [0.25, 0.3) is 0 Å². The Labute approximate surface area is 119 Å². The van der Waals surface area contributed by atoms with Gasteiger partial charge in [0.05, 0.1) is 0 Å². The molecular weight excluding hydrogens is 358 g/mol. The van der Waals surface area contributed by atoms with Gasteiger partial charge in [0.25, 0.3) is 0 Å². The number of rotatable bonds is 5. The average Bonchev–Trinajstić information content (AvgIpc) is 2.45. The molecule has 2 rings (SSSR count). The van der Waals surface area contributed by atoms with E-state index in [0.717, 1.165) is 11.5 Å². The molecule has 0 heterocycles. The summed E-state index contributed by atoms with van der Waals surface area (Å²) in [6, 6.07) is 16.7. The van der Waals surface area contributed by atoms with Crippen LogP contribution in [0.5, 0.6) is 11.5 Å². The number of methoxy groups -OCH3 is 2. The minimum absolute atomic E-state index is 0.480. The Morgan fingerprint density at radius 1 is 0.722 bits per heavy atom. The van der Waals surface area contributed by atoms with Gasteiger partial charge in [-0.1, -0.05) is 0 Å². The maximum absolute atomic E-state index is 5.24. The predicted octanol–water partition coefficient (Wildman–Crippen LogP) is 0.978. The van der Waals surface area contributed by atoms with E-state index in [1.165, 1.54) is 8.92 Å². The van der Waals surface area contributed by atoms with Gasteiger partial charge in [-0.25, -0.2) is 0 Å². The summed E-state index contributed by atoms with van der Waals surface area (Å²) >= 11 is 0.960. The zero-order valence-corrected chi connectivity index (χ0v) is 13.7. The summed E-state index contributed by atoms with van der Waals surface area (Å²) in [5.74, 6) is 1.88. The van der Waals surface area contributed by atoms with Crippen molar-refractivity contribution in [3.05, 3.63) is 48.5 Å². The molecule has 0 aliphatic rings. The molecule has 0 aromatic heterocycles. The van der Waals surface area contributed by atoms with Crippen molar-refractivity contribution in [3.8, 4) is 11.5 Å². The van der Waals surface area contributed by atoms with Crippen LogP contribution in [0.1, 0.15) is 0 Å². The summed E-state index contributed by atoms with van der Waals surface area (Å²) in [5, 5.41) is 0. The van der Waals surface area contributed by atoms with Crippen LogP contribution in [-0.2, 0) is 0 Å². The second kappa shape index (κ2) is 6.86. The average molecular weight is 372 g/mol. The maximum atomic E-state index is 5.24. The van der Waals surface area contributed by atoms with Crippen LogP contribution < -0.4 is 18.4 Å². The fourth-order valence-electron chi connectivity index (χ4n) is 1.40. The van der Waals surface area contributed by atoms with Gasteiger partial charge in [-0.3, -0.25) is 0 Å². The van der Waals surface area contributed by atoms with E-state index in [2.05, 4.69) is 36.4 Å². The molecule has 0 atom stereocenters. The van der Waals surface area contributed by atoms with Crippen molar-refractivity contribution in [2.45, 2.75) is 0 Å². The van der Waals surface area contributed by atoms with Gasteiger partial charge < -0.3 is 0 Å². The van der Waals surface area contributed by atoms with Gasteiger partial charge in [0, 0.05) is 0 Å². The molecule has 0 fully saturated rings. The summed E-state index contributed by atoms with van der Waals surface area (Å²) < 4.78 is 13.2. The van der Waals surface area contributed by atoms with Crippen molar-refractivity contribution in [1.82, 2.24) is 0 Å². The first-order valence-corrected chi connectivity index (χ1v) is 11.5. The van der Waals surface area contributed by atoms with Gasteiger partial charge >= 0.3 is 119 Å². The van der Waals surface area contributed by atoms with Gasteiger partial charge in [-0.05, 0) is 0 Å². The van der Waals surface area contributed by atoms with Crippen molar-refractivity contribution < 1.29 is 9.47 Å². The molecule has 0 saturated heterocycles. The van der Waals surface area contributed by atoms with E-state index in [-0.39, 0.29) is 0 Å². The number of hydrogen-bond acceptors (Lipinski definition) is 2. The molecule has 0 N–H and O–H groups in total. The van der Waals surface area contributed by atoms with E-state index in [0.29, 0.717) is 26.3 Å². The molecule has 18 heavy (non-hydrogen) atoms. The van der Waals surface area contributed by atoms with Gasteiger partial charge in [-0.15, -0.1) is 0 Å². The predicted molar refractivity (Wildman–Crippen MR) is 76.8 cm³/mol. The Morgan fingerprint density at radius 2 is 1.17 bits per heavy atom. The molecule has 0 aliphatic heterocycles. The van der Waals surface area contributed by atoms with E-state index < -0.39 is 0 Å². The molecule has 2 aromatic carbocycles.